The van der Waals surface area contributed by atoms with Crippen LogP contribution in [-0.2, 0) is 9.13 Å². The molecule has 0 radical (unpaired) electrons. The Bertz CT molecular complexity index is 492. The first-order valence-electron chi connectivity index (χ1n) is 5.51. The van der Waals surface area contributed by atoms with E-state index in [1.54, 1.807) is 0 Å². The number of nitrogens with zero attached hydrogens (tertiary/aromatic N) is 1. The molecule has 1 rings (SSSR count). The second-order valence-electron chi connectivity index (χ2n) is 3.88. The summed E-state index contributed by atoms with van der Waals surface area (Å²) in [5.41, 5.74) is -0.0428. The molecule has 0 aliphatic heterocycles. The molecule has 20 heavy (non-hydrogen) atoms. The number of nitrogens with one attached hydrogen (secondary N) is 1. The molecule has 0 aliphatic carbocycles. The van der Waals surface area contributed by atoms with Crippen molar-refractivity contribution in [3.05, 3.63) is 39.9 Å². The lowest BCUT2D eigenvalue weighted by Crippen LogP contribution is -2.43. The van der Waals surface area contributed by atoms with Crippen LogP contribution in [0.4, 0.5) is 5.69 Å². The Hall–Kier alpha value is -1.41. The third-order valence-electron chi connectivity index (χ3n) is 2.43. The van der Waals surface area contributed by atoms with E-state index in [1.165, 1.54) is 12.1 Å². The van der Waals surface area contributed by atoms with Crippen LogP contribution in [0.1, 0.15) is 12.0 Å². The van der Waals surface area contributed by atoms with Crippen LogP contribution in [0, 0.1) is 10.1 Å². The number of alkyl halides is 2. The first-order valence-corrected chi connectivity index (χ1v) is 6.27. The molecule has 1 atom stereocenters. The van der Waals surface area contributed by atoms with Gasteiger partial charge in [-0.25, -0.2) is 0 Å². The number of benzene rings is 1. The number of aliphatic hydroxyl groups excluding tert-OH is 2. The maximum atomic E-state index is 11.8. The summed E-state index contributed by atoms with van der Waals surface area (Å²) in [5, 5.41) is 30.6. The molecule has 1 amide bonds. The van der Waals surface area contributed by atoms with Crippen LogP contribution in [0.3, 0.4) is 0 Å². The lowest BCUT2D eigenvalue weighted by atomic mass is 10.1. The third kappa shape index (κ3) is 4.04. The molecule has 1 aromatic carbocycles. The number of carbonyl (C=O) groups is 1. The fourth-order valence-corrected chi connectivity index (χ4v) is 1.72. The predicted molar refractivity (Wildman–Crippen MR) is 72.3 cm³/mol. The van der Waals surface area contributed by atoms with Crippen LogP contribution in [-0.4, -0.2) is 33.9 Å². The molecule has 3 N–H and O–H groups in total. The van der Waals surface area contributed by atoms with E-state index in [0.717, 1.165) is 12.1 Å². The normalized spacial score (nSPS) is 12.8. The second-order valence-corrected chi connectivity index (χ2v) is 5.21. The SMILES string of the molecule is O=C(NC(O)CCO)C(Cl)(Cl)c1ccc([N+](=O)[O-])cc1. The summed E-state index contributed by atoms with van der Waals surface area (Å²) >= 11 is 11.8. The van der Waals surface area contributed by atoms with Gasteiger partial charge in [-0.2, -0.15) is 0 Å². The number of carbonyl (C=O) groups excluding carboxylic acids is 1. The zero-order valence-electron chi connectivity index (χ0n) is 10.1. The molecule has 0 saturated heterocycles. The second kappa shape index (κ2) is 6.85. The minimum Gasteiger partial charge on any atom is -0.396 e. The lowest BCUT2D eigenvalue weighted by molar-refractivity contribution is -0.384. The number of nitro groups is 1. The van der Waals surface area contributed by atoms with Gasteiger partial charge < -0.3 is 15.5 Å². The van der Waals surface area contributed by atoms with E-state index >= 15 is 0 Å². The molecule has 0 spiro atoms. The van der Waals surface area contributed by atoms with E-state index in [4.69, 9.17) is 28.3 Å². The van der Waals surface area contributed by atoms with Crippen molar-refractivity contribution in [1.82, 2.24) is 5.32 Å². The standard InChI is InChI=1S/C11H12Cl2N2O5/c12-11(13,10(18)14-9(17)5-6-16)7-1-3-8(4-2-7)15(19)20/h1-4,9,16-17H,5-6H2,(H,14,18). The average Bonchev–Trinajstić information content (AvgIpc) is 2.38. The highest BCUT2D eigenvalue weighted by molar-refractivity contribution is 6.57. The van der Waals surface area contributed by atoms with E-state index in [-0.39, 0.29) is 24.3 Å². The Morgan fingerprint density at radius 3 is 2.40 bits per heavy atom. The van der Waals surface area contributed by atoms with E-state index < -0.39 is 21.4 Å². The van der Waals surface area contributed by atoms with Crippen molar-refractivity contribution in [2.45, 2.75) is 17.0 Å². The highest BCUT2D eigenvalue weighted by Crippen LogP contribution is 2.35. The van der Waals surface area contributed by atoms with Crippen molar-refractivity contribution >= 4 is 34.8 Å². The van der Waals surface area contributed by atoms with Gasteiger partial charge >= 0.3 is 0 Å². The van der Waals surface area contributed by atoms with Gasteiger partial charge in [-0.3, -0.25) is 14.9 Å². The summed E-state index contributed by atoms with van der Waals surface area (Å²) in [6.45, 7) is -0.323. The van der Waals surface area contributed by atoms with Crippen molar-refractivity contribution in [3.8, 4) is 0 Å². The third-order valence-corrected chi connectivity index (χ3v) is 3.21. The Labute approximate surface area is 124 Å². The molecule has 0 fully saturated rings. The monoisotopic (exact) mass is 322 g/mol. The van der Waals surface area contributed by atoms with Crippen LogP contribution in [0.15, 0.2) is 24.3 Å². The van der Waals surface area contributed by atoms with Crippen molar-refractivity contribution in [2.75, 3.05) is 6.61 Å². The van der Waals surface area contributed by atoms with Gasteiger partial charge in [-0.05, 0) is 17.7 Å². The van der Waals surface area contributed by atoms with Crippen LogP contribution in [0.5, 0.6) is 0 Å². The van der Waals surface area contributed by atoms with Gasteiger partial charge in [-0.1, -0.05) is 23.2 Å². The fraction of sp³-hybridized carbons (Fsp3) is 0.364. The van der Waals surface area contributed by atoms with Crippen LogP contribution < -0.4 is 5.32 Å². The summed E-state index contributed by atoms with van der Waals surface area (Å²) in [7, 11) is 0. The molecule has 9 heteroatoms. The van der Waals surface area contributed by atoms with Crippen molar-refractivity contribution < 1.29 is 19.9 Å². The number of non-ortho nitro benzene ring substituents is 1. The van der Waals surface area contributed by atoms with Gasteiger partial charge in [0.2, 0.25) is 4.33 Å². The maximum absolute atomic E-state index is 11.8. The summed E-state index contributed by atoms with van der Waals surface area (Å²) in [5.74, 6) is -0.893. The smallest absolute Gasteiger partial charge is 0.269 e. The summed E-state index contributed by atoms with van der Waals surface area (Å²) in [6.07, 6.45) is -1.36. The number of hydrogen-bond acceptors (Lipinski definition) is 5. The molecule has 0 saturated carbocycles. The maximum Gasteiger partial charge on any atom is 0.269 e. The van der Waals surface area contributed by atoms with Crippen molar-refractivity contribution in [2.24, 2.45) is 0 Å². The number of rotatable bonds is 6. The summed E-state index contributed by atoms with van der Waals surface area (Å²) in [6, 6.07) is 4.81. The summed E-state index contributed by atoms with van der Waals surface area (Å²) in [4.78, 5) is 21.7. The first kappa shape index (κ1) is 16.6. The van der Waals surface area contributed by atoms with E-state index in [1.807, 2.05) is 0 Å². The number of amides is 1. The molecule has 1 aromatic rings. The van der Waals surface area contributed by atoms with Gasteiger partial charge in [0, 0.05) is 25.2 Å². The highest BCUT2D eigenvalue weighted by atomic mass is 35.5. The number of aliphatic hydroxyl groups is 2. The quantitative estimate of drug-likeness (QED) is 0.313. The Morgan fingerprint density at radius 1 is 1.40 bits per heavy atom. The predicted octanol–water partition coefficient (Wildman–Crippen LogP) is 1.04. The van der Waals surface area contributed by atoms with Gasteiger partial charge in [0.1, 0.15) is 6.23 Å². The minimum atomic E-state index is -2.01. The van der Waals surface area contributed by atoms with Gasteiger partial charge in [0.25, 0.3) is 11.6 Å². The zero-order valence-corrected chi connectivity index (χ0v) is 11.6. The molecule has 0 aromatic heterocycles. The van der Waals surface area contributed by atoms with Crippen LogP contribution in [0.2, 0.25) is 0 Å². The fourth-order valence-electron chi connectivity index (χ4n) is 1.36. The van der Waals surface area contributed by atoms with Gasteiger partial charge in [0.05, 0.1) is 4.92 Å². The Morgan fingerprint density at radius 2 is 1.95 bits per heavy atom. The molecular formula is C11H12Cl2N2O5. The number of nitro benzene ring substituents is 1. The molecule has 0 bridgehead atoms. The lowest BCUT2D eigenvalue weighted by Gasteiger charge is -2.21. The molecule has 110 valence electrons. The van der Waals surface area contributed by atoms with E-state index in [9.17, 15) is 20.0 Å². The minimum absolute atomic E-state index is 0.0736. The average molecular weight is 323 g/mol. The largest absolute Gasteiger partial charge is 0.396 e. The van der Waals surface area contributed by atoms with Gasteiger partial charge in [0.15, 0.2) is 0 Å². The van der Waals surface area contributed by atoms with E-state index in [2.05, 4.69) is 5.32 Å². The molecule has 1 unspecified atom stereocenters. The number of halogens is 2. The zero-order chi connectivity index (χ0) is 15.3. The molecule has 0 aliphatic rings. The van der Waals surface area contributed by atoms with Crippen LogP contribution >= 0.6 is 23.2 Å². The molecular weight excluding hydrogens is 311 g/mol. The Balaban J connectivity index is 2.86. The van der Waals surface area contributed by atoms with Crippen molar-refractivity contribution in [3.63, 3.8) is 0 Å². The Kier molecular flexibility index (Phi) is 5.70. The van der Waals surface area contributed by atoms with Crippen molar-refractivity contribution in [1.29, 1.82) is 0 Å². The topological polar surface area (TPSA) is 113 Å². The number of hydrogen-bond donors (Lipinski definition) is 3. The first-order chi connectivity index (χ1) is 9.28. The molecule has 7 nitrogen and oxygen atoms in total. The summed E-state index contributed by atoms with van der Waals surface area (Å²) < 4.78 is -2.01. The molecule has 0 heterocycles. The van der Waals surface area contributed by atoms with Gasteiger partial charge in [-0.15, -0.1) is 0 Å². The van der Waals surface area contributed by atoms with Crippen LogP contribution in [0.25, 0.3) is 0 Å². The van der Waals surface area contributed by atoms with E-state index in [0.29, 0.717) is 0 Å². The highest BCUT2D eigenvalue weighted by Gasteiger charge is 2.37.